The van der Waals surface area contributed by atoms with Crippen LogP contribution in [0.1, 0.15) is 33.1 Å². The van der Waals surface area contributed by atoms with Gasteiger partial charge in [-0.3, -0.25) is 4.79 Å². The van der Waals surface area contributed by atoms with Gasteiger partial charge in [0.25, 0.3) is 0 Å². The van der Waals surface area contributed by atoms with Crippen molar-refractivity contribution in [2.45, 2.75) is 44.8 Å². The summed E-state index contributed by atoms with van der Waals surface area (Å²) in [6.45, 7) is 4.30. The molecule has 3 unspecified atom stereocenters. The molecular formula is C11H20O4. The Bertz CT molecular complexity index is 229. The summed E-state index contributed by atoms with van der Waals surface area (Å²) in [5, 5.41) is 10.4. The Labute approximate surface area is 90.6 Å². The third-order valence-corrected chi connectivity index (χ3v) is 3.12. The van der Waals surface area contributed by atoms with E-state index in [1.807, 2.05) is 13.8 Å². The zero-order chi connectivity index (χ0) is 11.5. The molecule has 4 nitrogen and oxygen atoms in total. The molecule has 1 N–H and O–H groups in total. The van der Waals surface area contributed by atoms with Crippen molar-refractivity contribution in [1.82, 2.24) is 0 Å². The predicted octanol–water partition coefficient (Wildman–Crippen LogP) is 1.12. The number of carbonyl (C=O) groups is 1. The Morgan fingerprint density at radius 2 is 2.40 bits per heavy atom. The summed E-state index contributed by atoms with van der Waals surface area (Å²) >= 11 is 0. The summed E-state index contributed by atoms with van der Waals surface area (Å²) in [4.78, 5) is 11.5. The molecule has 1 aliphatic heterocycles. The first kappa shape index (κ1) is 12.5. The molecule has 0 saturated carbocycles. The molecule has 3 atom stereocenters. The molecule has 0 aromatic carbocycles. The highest BCUT2D eigenvalue weighted by atomic mass is 16.5. The molecule has 0 bridgehead atoms. The first-order chi connectivity index (χ1) is 7.03. The van der Waals surface area contributed by atoms with E-state index in [1.165, 1.54) is 7.11 Å². The Morgan fingerprint density at radius 1 is 1.73 bits per heavy atom. The first-order valence-corrected chi connectivity index (χ1v) is 5.45. The van der Waals surface area contributed by atoms with Gasteiger partial charge in [-0.25, -0.2) is 0 Å². The second-order valence-electron chi connectivity index (χ2n) is 4.22. The standard InChI is InChI=1S/C11H20O4/c1-4-9(10(12)14-3)11(13)5-6-15-8(2)7-11/h8-9,13H,4-7H2,1-3H3. The molecule has 1 rings (SSSR count). The van der Waals surface area contributed by atoms with Gasteiger partial charge in [0.2, 0.25) is 0 Å². The van der Waals surface area contributed by atoms with Crippen molar-refractivity contribution in [2.75, 3.05) is 13.7 Å². The third-order valence-electron chi connectivity index (χ3n) is 3.12. The van der Waals surface area contributed by atoms with E-state index in [4.69, 9.17) is 9.47 Å². The van der Waals surface area contributed by atoms with Gasteiger partial charge in [0.05, 0.1) is 24.7 Å². The quantitative estimate of drug-likeness (QED) is 0.718. The summed E-state index contributed by atoms with van der Waals surface area (Å²) in [5.41, 5.74) is -0.959. The van der Waals surface area contributed by atoms with Crippen molar-refractivity contribution in [2.24, 2.45) is 5.92 Å². The number of esters is 1. The topological polar surface area (TPSA) is 55.8 Å². The van der Waals surface area contributed by atoms with E-state index in [2.05, 4.69) is 0 Å². The highest BCUT2D eigenvalue weighted by molar-refractivity contribution is 5.73. The Kier molecular flexibility index (Phi) is 4.11. The molecule has 0 aliphatic carbocycles. The molecule has 0 aromatic heterocycles. The van der Waals surface area contributed by atoms with Gasteiger partial charge >= 0.3 is 5.97 Å². The van der Waals surface area contributed by atoms with Gasteiger partial charge in [-0.05, 0) is 13.3 Å². The monoisotopic (exact) mass is 216 g/mol. The lowest BCUT2D eigenvalue weighted by Crippen LogP contribution is -2.48. The Balaban J connectivity index is 2.76. The number of hydrogen-bond acceptors (Lipinski definition) is 4. The van der Waals surface area contributed by atoms with Gasteiger partial charge in [0.15, 0.2) is 0 Å². The maximum absolute atomic E-state index is 11.5. The zero-order valence-electron chi connectivity index (χ0n) is 9.66. The van der Waals surface area contributed by atoms with Crippen LogP contribution in [0.3, 0.4) is 0 Å². The number of ether oxygens (including phenoxy) is 2. The number of rotatable bonds is 3. The highest BCUT2D eigenvalue weighted by Gasteiger charge is 2.43. The van der Waals surface area contributed by atoms with Crippen LogP contribution in [0.2, 0.25) is 0 Å². The maximum atomic E-state index is 11.5. The van der Waals surface area contributed by atoms with Crippen LogP contribution in [0.25, 0.3) is 0 Å². The second-order valence-corrected chi connectivity index (χ2v) is 4.22. The van der Waals surface area contributed by atoms with E-state index < -0.39 is 11.5 Å². The molecule has 1 aliphatic rings. The van der Waals surface area contributed by atoms with Gasteiger partial charge in [-0.15, -0.1) is 0 Å². The van der Waals surface area contributed by atoms with Crippen LogP contribution in [0.4, 0.5) is 0 Å². The van der Waals surface area contributed by atoms with E-state index in [1.54, 1.807) is 0 Å². The van der Waals surface area contributed by atoms with Crippen LogP contribution >= 0.6 is 0 Å². The summed E-state index contributed by atoms with van der Waals surface area (Å²) in [6.07, 6.45) is 1.60. The smallest absolute Gasteiger partial charge is 0.311 e. The first-order valence-electron chi connectivity index (χ1n) is 5.45. The zero-order valence-corrected chi connectivity index (χ0v) is 9.66. The van der Waals surface area contributed by atoms with Gasteiger partial charge in [0.1, 0.15) is 0 Å². The van der Waals surface area contributed by atoms with Crippen molar-refractivity contribution in [3.63, 3.8) is 0 Å². The van der Waals surface area contributed by atoms with Crippen molar-refractivity contribution < 1.29 is 19.4 Å². The normalized spacial score (nSPS) is 33.5. The Morgan fingerprint density at radius 3 is 2.87 bits per heavy atom. The van der Waals surface area contributed by atoms with E-state index in [-0.39, 0.29) is 12.1 Å². The molecule has 15 heavy (non-hydrogen) atoms. The van der Waals surface area contributed by atoms with Crippen molar-refractivity contribution in [3.05, 3.63) is 0 Å². The summed E-state index contributed by atoms with van der Waals surface area (Å²) < 4.78 is 10.1. The summed E-state index contributed by atoms with van der Waals surface area (Å²) in [6, 6.07) is 0. The minimum Gasteiger partial charge on any atom is -0.469 e. The van der Waals surface area contributed by atoms with Crippen molar-refractivity contribution >= 4 is 5.97 Å². The molecule has 4 heteroatoms. The number of carbonyl (C=O) groups excluding carboxylic acids is 1. The third kappa shape index (κ3) is 2.69. The SMILES string of the molecule is CCC(C(=O)OC)C1(O)CCOC(C)C1. The van der Waals surface area contributed by atoms with Gasteiger partial charge < -0.3 is 14.6 Å². The lowest BCUT2D eigenvalue weighted by molar-refractivity contribution is -0.169. The Hall–Kier alpha value is -0.610. The highest BCUT2D eigenvalue weighted by Crippen LogP contribution is 2.34. The van der Waals surface area contributed by atoms with Crippen LogP contribution in [-0.4, -0.2) is 36.5 Å². The molecule has 0 amide bonds. The molecule has 0 spiro atoms. The van der Waals surface area contributed by atoms with Gasteiger partial charge in [-0.2, -0.15) is 0 Å². The molecule has 1 heterocycles. The molecule has 0 radical (unpaired) electrons. The lowest BCUT2D eigenvalue weighted by atomic mass is 9.78. The van der Waals surface area contributed by atoms with Gasteiger partial charge in [-0.1, -0.05) is 6.92 Å². The average Bonchev–Trinajstić information content (AvgIpc) is 2.17. The van der Waals surface area contributed by atoms with Crippen LogP contribution in [0, 0.1) is 5.92 Å². The van der Waals surface area contributed by atoms with E-state index in [0.29, 0.717) is 25.9 Å². The van der Waals surface area contributed by atoms with Gasteiger partial charge in [0, 0.05) is 19.4 Å². The lowest BCUT2D eigenvalue weighted by Gasteiger charge is -2.39. The summed E-state index contributed by atoms with van der Waals surface area (Å²) in [5.74, 6) is -0.761. The number of methoxy groups -OCH3 is 1. The number of aliphatic hydroxyl groups is 1. The largest absolute Gasteiger partial charge is 0.469 e. The number of hydrogen-bond donors (Lipinski definition) is 1. The van der Waals surface area contributed by atoms with Crippen LogP contribution in [0.5, 0.6) is 0 Å². The van der Waals surface area contributed by atoms with Crippen LogP contribution in [0.15, 0.2) is 0 Å². The minimum atomic E-state index is -0.959. The molecular weight excluding hydrogens is 196 g/mol. The van der Waals surface area contributed by atoms with Crippen molar-refractivity contribution in [3.8, 4) is 0 Å². The fraction of sp³-hybridized carbons (Fsp3) is 0.909. The minimum absolute atomic E-state index is 0.00227. The van der Waals surface area contributed by atoms with Crippen LogP contribution in [-0.2, 0) is 14.3 Å². The maximum Gasteiger partial charge on any atom is 0.311 e. The predicted molar refractivity (Wildman–Crippen MR) is 55.4 cm³/mol. The average molecular weight is 216 g/mol. The molecule has 88 valence electrons. The van der Waals surface area contributed by atoms with E-state index >= 15 is 0 Å². The molecule has 0 aromatic rings. The van der Waals surface area contributed by atoms with Crippen molar-refractivity contribution in [1.29, 1.82) is 0 Å². The summed E-state index contributed by atoms with van der Waals surface area (Å²) in [7, 11) is 1.36. The molecule has 1 saturated heterocycles. The second kappa shape index (κ2) is 4.94. The fourth-order valence-electron chi connectivity index (χ4n) is 2.32. The molecule has 1 fully saturated rings. The fourth-order valence-corrected chi connectivity index (χ4v) is 2.32. The van der Waals surface area contributed by atoms with E-state index in [0.717, 1.165) is 0 Å². The van der Waals surface area contributed by atoms with Crippen LogP contribution < -0.4 is 0 Å². The van der Waals surface area contributed by atoms with E-state index in [9.17, 15) is 9.90 Å².